The highest BCUT2D eigenvalue weighted by molar-refractivity contribution is 5.77. The maximum atomic E-state index is 11.4. The van der Waals surface area contributed by atoms with Gasteiger partial charge in [0.2, 0.25) is 0 Å². The van der Waals surface area contributed by atoms with E-state index in [-0.39, 0.29) is 24.1 Å². The molecule has 2 heterocycles. The molecule has 0 aliphatic carbocycles. The third kappa shape index (κ3) is 1.49. The molecule has 3 N–H and O–H groups in total. The summed E-state index contributed by atoms with van der Waals surface area (Å²) in [6, 6.07) is 6.15. The van der Waals surface area contributed by atoms with Crippen LogP contribution in [-0.4, -0.2) is 36.6 Å². The van der Waals surface area contributed by atoms with Crippen molar-refractivity contribution in [3.63, 3.8) is 0 Å². The SMILES string of the molecule is Cc1ccc2c(c1)[C@]1(CN[C@H](CO)C1)C(C=O)N2. The van der Waals surface area contributed by atoms with Crippen molar-refractivity contribution >= 4 is 12.0 Å². The Morgan fingerprint density at radius 2 is 2.39 bits per heavy atom. The van der Waals surface area contributed by atoms with Gasteiger partial charge in [-0.05, 0) is 25.0 Å². The Labute approximate surface area is 106 Å². The summed E-state index contributed by atoms with van der Waals surface area (Å²) in [6.07, 6.45) is 1.80. The lowest BCUT2D eigenvalue weighted by Gasteiger charge is -2.27. The molecule has 0 bridgehead atoms. The molecule has 4 nitrogen and oxygen atoms in total. The predicted molar refractivity (Wildman–Crippen MR) is 69.8 cm³/mol. The summed E-state index contributed by atoms with van der Waals surface area (Å²) in [6.45, 7) is 2.92. The number of carbonyl (C=O) groups excluding carboxylic acids is 1. The summed E-state index contributed by atoms with van der Waals surface area (Å²) < 4.78 is 0. The van der Waals surface area contributed by atoms with Crippen LogP contribution in [0.4, 0.5) is 5.69 Å². The zero-order chi connectivity index (χ0) is 12.8. The van der Waals surface area contributed by atoms with E-state index >= 15 is 0 Å². The molecule has 4 heteroatoms. The predicted octanol–water partition coefficient (Wildman–Crippen LogP) is 0.580. The van der Waals surface area contributed by atoms with E-state index in [1.165, 1.54) is 11.1 Å². The summed E-state index contributed by atoms with van der Waals surface area (Å²) in [7, 11) is 0. The van der Waals surface area contributed by atoms with E-state index < -0.39 is 0 Å². The Kier molecular flexibility index (Phi) is 2.64. The second-order valence-corrected chi connectivity index (χ2v) is 5.43. The highest BCUT2D eigenvalue weighted by Gasteiger charge is 2.51. The fourth-order valence-electron chi connectivity index (χ4n) is 3.32. The van der Waals surface area contributed by atoms with Crippen LogP contribution < -0.4 is 10.6 Å². The molecule has 2 aliphatic heterocycles. The number of aryl methyl sites for hydroxylation is 1. The van der Waals surface area contributed by atoms with E-state index in [0.717, 1.165) is 24.9 Å². The molecule has 1 saturated heterocycles. The average Bonchev–Trinajstić information content (AvgIpc) is 2.94. The van der Waals surface area contributed by atoms with Crippen LogP contribution in [0.1, 0.15) is 17.5 Å². The summed E-state index contributed by atoms with van der Waals surface area (Å²) >= 11 is 0. The van der Waals surface area contributed by atoms with Gasteiger partial charge in [0.15, 0.2) is 0 Å². The number of rotatable bonds is 2. The number of fused-ring (bicyclic) bond motifs is 2. The minimum Gasteiger partial charge on any atom is -0.395 e. The maximum absolute atomic E-state index is 11.4. The van der Waals surface area contributed by atoms with Gasteiger partial charge in [0.05, 0.1) is 12.6 Å². The topological polar surface area (TPSA) is 61.4 Å². The van der Waals surface area contributed by atoms with Crippen molar-refractivity contribution in [2.75, 3.05) is 18.5 Å². The smallest absolute Gasteiger partial charge is 0.143 e. The first-order valence-corrected chi connectivity index (χ1v) is 6.37. The number of aldehydes is 1. The number of aliphatic hydroxyl groups is 1. The quantitative estimate of drug-likeness (QED) is 0.668. The first kappa shape index (κ1) is 11.7. The molecular weight excluding hydrogens is 228 g/mol. The average molecular weight is 246 g/mol. The molecule has 18 heavy (non-hydrogen) atoms. The van der Waals surface area contributed by atoms with E-state index in [9.17, 15) is 9.90 Å². The van der Waals surface area contributed by atoms with Gasteiger partial charge in [-0.3, -0.25) is 0 Å². The van der Waals surface area contributed by atoms with E-state index in [1.807, 2.05) is 6.07 Å². The summed E-state index contributed by atoms with van der Waals surface area (Å²) in [5, 5.41) is 15.9. The van der Waals surface area contributed by atoms with Crippen LogP contribution in [0, 0.1) is 6.92 Å². The molecule has 1 unspecified atom stereocenters. The van der Waals surface area contributed by atoms with E-state index in [0.29, 0.717) is 0 Å². The van der Waals surface area contributed by atoms with Gasteiger partial charge in [-0.1, -0.05) is 17.7 Å². The molecule has 1 fully saturated rings. The third-order valence-electron chi connectivity index (χ3n) is 4.29. The molecular formula is C14H18N2O2. The summed E-state index contributed by atoms with van der Waals surface area (Å²) in [5.41, 5.74) is 3.27. The molecule has 1 aromatic rings. The lowest BCUT2D eigenvalue weighted by Crippen LogP contribution is -2.41. The van der Waals surface area contributed by atoms with Crippen molar-refractivity contribution in [3.8, 4) is 0 Å². The maximum Gasteiger partial charge on any atom is 0.143 e. The standard InChI is InChI=1S/C14H18N2O2/c1-9-2-3-12-11(4-9)14(13(7-18)16-12)5-10(6-17)15-8-14/h2-4,7,10,13,15-17H,5-6,8H2,1H3/t10-,13?,14-/m0/s1. The van der Waals surface area contributed by atoms with Crippen molar-refractivity contribution in [1.82, 2.24) is 5.32 Å². The highest BCUT2D eigenvalue weighted by Crippen LogP contribution is 2.46. The number of aliphatic hydroxyl groups excluding tert-OH is 1. The number of hydrogen-bond acceptors (Lipinski definition) is 4. The largest absolute Gasteiger partial charge is 0.395 e. The van der Waals surface area contributed by atoms with Crippen LogP contribution >= 0.6 is 0 Å². The number of anilines is 1. The number of nitrogens with one attached hydrogen (secondary N) is 2. The molecule has 3 rings (SSSR count). The molecule has 1 aromatic carbocycles. The van der Waals surface area contributed by atoms with Crippen LogP contribution in [0.25, 0.3) is 0 Å². The van der Waals surface area contributed by atoms with Crippen molar-refractivity contribution in [1.29, 1.82) is 0 Å². The zero-order valence-corrected chi connectivity index (χ0v) is 10.4. The van der Waals surface area contributed by atoms with Crippen molar-refractivity contribution in [2.24, 2.45) is 0 Å². The minimum absolute atomic E-state index is 0.0840. The highest BCUT2D eigenvalue weighted by atomic mass is 16.3. The Morgan fingerprint density at radius 3 is 3.06 bits per heavy atom. The van der Waals surface area contributed by atoms with Crippen LogP contribution in [-0.2, 0) is 10.2 Å². The molecule has 0 amide bonds. The van der Waals surface area contributed by atoms with Gasteiger partial charge in [0.25, 0.3) is 0 Å². The van der Waals surface area contributed by atoms with E-state index in [2.05, 4.69) is 29.7 Å². The first-order chi connectivity index (χ1) is 8.69. The molecule has 0 saturated carbocycles. The lowest BCUT2D eigenvalue weighted by atomic mass is 9.75. The van der Waals surface area contributed by atoms with Gasteiger partial charge in [0, 0.05) is 23.7 Å². The van der Waals surface area contributed by atoms with Gasteiger partial charge in [-0.2, -0.15) is 0 Å². The number of carbonyl (C=O) groups is 1. The molecule has 0 radical (unpaired) electrons. The summed E-state index contributed by atoms with van der Waals surface area (Å²) in [5.74, 6) is 0. The lowest BCUT2D eigenvalue weighted by molar-refractivity contribution is -0.109. The van der Waals surface area contributed by atoms with Gasteiger partial charge in [-0.15, -0.1) is 0 Å². The number of hydrogen-bond donors (Lipinski definition) is 3. The molecule has 3 atom stereocenters. The molecule has 0 aromatic heterocycles. The van der Waals surface area contributed by atoms with Gasteiger partial charge in [-0.25, -0.2) is 0 Å². The van der Waals surface area contributed by atoms with Gasteiger partial charge < -0.3 is 20.5 Å². The van der Waals surface area contributed by atoms with Crippen LogP contribution in [0.15, 0.2) is 18.2 Å². The fourth-order valence-corrected chi connectivity index (χ4v) is 3.32. The van der Waals surface area contributed by atoms with Gasteiger partial charge >= 0.3 is 0 Å². The first-order valence-electron chi connectivity index (χ1n) is 6.37. The number of benzene rings is 1. The Balaban J connectivity index is 2.07. The summed E-state index contributed by atoms with van der Waals surface area (Å²) in [4.78, 5) is 11.4. The van der Waals surface area contributed by atoms with E-state index in [1.54, 1.807) is 0 Å². The van der Waals surface area contributed by atoms with Crippen LogP contribution in [0.5, 0.6) is 0 Å². The van der Waals surface area contributed by atoms with Crippen molar-refractivity contribution in [3.05, 3.63) is 29.3 Å². The molecule has 1 spiro atoms. The van der Waals surface area contributed by atoms with Crippen LogP contribution in [0.2, 0.25) is 0 Å². The fraction of sp³-hybridized carbons (Fsp3) is 0.500. The Bertz CT molecular complexity index is 489. The van der Waals surface area contributed by atoms with Crippen LogP contribution in [0.3, 0.4) is 0 Å². The van der Waals surface area contributed by atoms with Crippen molar-refractivity contribution in [2.45, 2.75) is 30.8 Å². The van der Waals surface area contributed by atoms with Gasteiger partial charge in [0.1, 0.15) is 6.29 Å². The normalized spacial score (nSPS) is 33.4. The Hall–Kier alpha value is -1.39. The molecule has 2 aliphatic rings. The molecule has 96 valence electrons. The monoisotopic (exact) mass is 246 g/mol. The minimum atomic E-state index is -0.198. The zero-order valence-electron chi connectivity index (χ0n) is 10.4. The third-order valence-corrected chi connectivity index (χ3v) is 4.29. The second kappa shape index (κ2) is 4.07. The second-order valence-electron chi connectivity index (χ2n) is 5.43. The van der Waals surface area contributed by atoms with Crippen molar-refractivity contribution < 1.29 is 9.90 Å². The van der Waals surface area contributed by atoms with E-state index in [4.69, 9.17) is 0 Å². The Morgan fingerprint density at radius 1 is 1.56 bits per heavy atom.